The van der Waals surface area contributed by atoms with Gasteiger partial charge in [-0.05, 0) is 30.4 Å². The number of anilines is 1. The average Bonchev–Trinajstić information content (AvgIpc) is 2.90. The highest BCUT2D eigenvalue weighted by atomic mass is 35.5. The molecule has 0 unspecified atom stereocenters. The van der Waals surface area contributed by atoms with Crippen molar-refractivity contribution in [1.29, 1.82) is 0 Å². The van der Waals surface area contributed by atoms with Crippen LogP contribution < -0.4 is 4.90 Å². The van der Waals surface area contributed by atoms with Crippen molar-refractivity contribution in [2.45, 2.75) is 12.1 Å². The first-order valence-corrected chi connectivity index (χ1v) is 10.1. The van der Waals surface area contributed by atoms with Crippen LogP contribution >= 0.6 is 23.8 Å². The summed E-state index contributed by atoms with van der Waals surface area (Å²) >= 11 is 11.6. The fraction of sp³-hybridized carbons (Fsp3) is 0.467. The molecular weight excluding hydrogens is 370 g/mol. The first-order valence-electron chi connectivity index (χ1n) is 7.45. The minimum absolute atomic E-state index is 0.00950. The Morgan fingerprint density at radius 2 is 2.00 bits per heavy atom. The molecule has 2 heterocycles. The molecule has 0 aliphatic carbocycles. The topological polar surface area (TPSA) is 60.9 Å². The van der Waals surface area contributed by atoms with Gasteiger partial charge >= 0.3 is 0 Å². The van der Waals surface area contributed by atoms with Gasteiger partial charge in [-0.3, -0.25) is 4.79 Å². The number of thiocarbonyl (C=S) groups is 1. The number of amides is 1. The number of sulfone groups is 1. The molecule has 0 bridgehead atoms. The van der Waals surface area contributed by atoms with E-state index in [1.54, 1.807) is 37.2 Å². The number of fused-ring (bicyclic) bond motifs is 1. The maximum absolute atomic E-state index is 12.1. The molecule has 2 saturated heterocycles. The quantitative estimate of drug-likeness (QED) is 0.721. The van der Waals surface area contributed by atoms with Crippen molar-refractivity contribution in [2.75, 3.05) is 37.0 Å². The van der Waals surface area contributed by atoms with E-state index in [0.717, 1.165) is 5.69 Å². The number of hydrogen-bond acceptors (Lipinski definition) is 4. The third-order valence-electron chi connectivity index (χ3n) is 4.37. The van der Waals surface area contributed by atoms with Gasteiger partial charge in [0.05, 0.1) is 30.1 Å². The Balaban J connectivity index is 1.98. The number of hydrogen-bond donors (Lipinski definition) is 0. The van der Waals surface area contributed by atoms with E-state index >= 15 is 0 Å². The van der Waals surface area contributed by atoms with Crippen molar-refractivity contribution in [3.05, 3.63) is 29.3 Å². The van der Waals surface area contributed by atoms with Crippen LogP contribution in [0.4, 0.5) is 5.69 Å². The molecule has 0 saturated carbocycles. The molecule has 1 amide bonds. The third kappa shape index (κ3) is 3.10. The number of carbonyl (C=O) groups is 1. The molecule has 9 heteroatoms. The molecule has 0 spiro atoms. The number of carbonyl (C=O) groups excluding carboxylic acids is 1. The van der Waals surface area contributed by atoms with E-state index in [2.05, 4.69) is 0 Å². The highest BCUT2D eigenvalue weighted by Gasteiger charge is 2.52. The lowest BCUT2D eigenvalue weighted by Crippen LogP contribution is -2.43. The predicted octanol–water partition coefficient (Wildman–Crippen LogP) is 1.00. The molecule has 2 aliphatic heterocycles. The summed E-state index contributed by atoms with van der Waals surface area (Å²) < 4.78 is 24.3. The summed E-state index contributed by atoms with van der Waals surface area (Å²) in [4.78, 5) is 17.2. The lowest BCUT2D eigenvalue weighted by molar-refractivity contribution is -0.129. The summed E-state index contributed by atoms with van der Waals surface area (Å²) in [6.45, 7) is 0.0690. The molecule has 2 aliphatic rings. The smallest absolute Gasteiger partial charge is 0.241 e. The summed E-state index contributed by atoms with van der Waals surface area (Å²) in [6.07, 6.45) is 0. The van der Waals surface area contributed by atoms with Gasteiger partial charge in [0.25, 0.3) is 0 Å². The van der Waals surface area contributed by atoms with Gasteiger partial charge in [-0.15, -0.1) is 0 Å². The highest BCUT2D eigenvalue weighted by Crippen LogP contribution is 2.35. The van der Waals surface area contributed by atoms with E-state index in [-0.39, 0.29) is 36.0 Å². The Labute approximate surface area is 151 Å². The average molecular weight is 388 g/mol. The number of halogens is 1. The number of likely N-dealkylation sites (N-methyl/N-ethyl adjacent to an activating group) is 1. The van der Waals surface area contributed by atoms with Gasteiger partial charge in [-0.25, -0.2) is 8.42 Å². The second kappa shape index (κ2) is 6.16. The van der Waals surface area contributed by atoms with Gasteiger partial charge in [0, 0.05) is 24.8 Å². The molecule has 0 aromatic heterocycles. The van der Waals surface area contributed by atoms with Gasteiger partial charge < -0.3 is 14.7 Å². The summed E-state index contributed by atoms with van der Waals surface area (Å²) in [7, 11) is 0.162. The van der Waals surface area contributed by atoms with E-state index in [9.17, 15) is 13.2 Å². The normalized spacial score (nSPS) is 25.0. The second-order valence-corrected chi connectivity index (χ2v) is 9.22. The summed E-state index contributed by atoms with van der Waals surface area (Å²) in [5.41, 5.74) is 0.749. The minimum atomic E-state index is -3.17. The van der Waals surface area contributed by atoms with Crippen molar-refractivity contribution in [2.24, 2.45) is 0 Å². The van der Waals surface area contributed by atoms with Crippen LogP contribution in [0.2, 0.25) is 5.02 Å². The molecule has 2 fully saturated rings. The summed E-state index contributed by atoms with van der Waals surface area (Å²) in [6, 6.07) is 6.54. The monoisotopic (exact) mass is 387 g/mol. The molecular formula is C15H18ClN3O3S2. The van der Waals surface area contributed by atoms with Crippen LogP contribution in [0.25, 0.3) is 0 Å². The van der Waals surface area contributed by atoms with Crippen LogP contribution in [0, 0.1) is 0 Å². The number of rotatable bonds is 3. The van der Waals surface area contributed by atoms with E-state index in [1.807, 2.05) is 11.0 Å². The molecule has 1 aromatic rings. The van der Waals surface area contributed by atoms with Gasteiger partial charge in [-0.2, -0.15) is 0 Å². The standard InChI is InChI=1S/C15H18ClN3O3S2/c1-17(2)14(20)7-18-12-8-24(21,22)9-13(12)19(15(18)23)11-5-3-4-10(16)6-11/h3-6,12-13H,7-9H2,1-2H3/t12-,13-/m0/s1. The maximum Gasteiger partial charge on any atom is 0.241 e. The fourth-order valence-corrected chi connectivity index (χ4v) is 5.75. The molecule has 0 N–H and O–H groups in total. The van der Waals surface area contributed by atoms with Gasteiger partial charge in [0.15, 0.2) is 14.9 Å². The largest absolute Gasteiger partial charge is 0.347 e. The summed E-state index contributed by atoms with van der Waals surface area (Å²) in [5.74, 6) is -0.0830. The van der Waals surface area contributed by atoms with Gasteiger partial charge in [-0.1, -0.05) is 17.7 Å². The molecule has 6 nitrogen and oxygen atoms in total. The van der Waals surface area contributed by atoms with E-state index in [4.69, 9.17) is 23.8 Å². The lowest BCUT2D eigenvalue weighted by atomic mass is 10.1. The fourth-order valence-electron chi connectivity index (χ4n) is 3.18. The van der Waals surface area contributed by atoms with Crippen molar-refractivity contribution in [3.8, 4) is 0 Å². The maximum atomic E-state index is 12.1. The number of benzene rings is 1. The summed E-state index contributed by atoms with van der Waals surface area (Å²) in [5, 5.41) is 1.02. The number of nitrogens with zero attached hydrogens (tertiary/aromatic N) is 3. The predicted molar refractivity (Wildman–Crippen MR) is 98.2 cm³/mol. The SMILES string of the molecule is CN(C)C(=O)CN1C(=S)N(c2cccc(Cl)c2)[C@H]2CS(=O)(=O)C[C@@H]21. The van der Waals surface area contributed by atoms with Crippen LogP contribution in [0.15, 0.2) is 24.3 Å². The first-order chi connectivity index (χ1) is 11.2. The Morgan fingerprint density at radius 3 is 2.62 bits per heavy atom. The van der Waals surface area contributed by atoms with E-state index in [0.29, 0.717) is 10.1 Å². The zero-order valence-corrected chi connectivity index (χ0v) is 15.7. The van der Waals surface area contributed by atoms with Crippen LogP contribution in [0.5, 0.6) is 0 Å². The van der Waals surface area contributed by atoms with Crippen molar-refractivity contribution < 1.29 is 13.2 Å². The van der Waals surface area contributed by atoms with Crippen LogP contribution in [0.3, 0.4) is 0 Å². The molecule has 24 heavy (non-hydrogen) atoms. The zero-order valence-electron chi connectivity index (χ0n) is 13.3. The Bertz CT molecular complexity index is 797. The first kappa shape index (κ1) is 17.4. The minimum Gasteiger partial charge on any atom is -0.347 e. The Kier molecular flexibility index (Phi) is 4.48. The Hall–Kier alpha value is -1.38. The van der Waals surface area contributed by atoms with Crippen molar-refractivity contribution in [3.63, 3.8) is 0 Å². The van der Waals surface area contributed by atoms with Crippen LogP contribution in [-0.4, -0.2) is 73.5 Å². The van der Waals surface area contributed by atoms with Crippen molar-refractivity contribution in [1.82, 2.24) is 9.80 Å². The molecule has 130 valence electrons. The molecule has 3 rings (SSSR count). The van der Waals surface area contributed by atoms with E-state index < -0.39 is 9.84 Å². The van der Waals surface area contributed by atoms with E-state index in [1.165, 1.54) is 4.90 Å². The van der Waals surface area contributed by atoms with Gasteiger partial charge in [0.1, 0.15) is 0 Å². The zero-order chi connectivity index (χ0) is 17.6. The van der Waals surface area contributed by atoms with Gasteiger partial charge in [0.2, 0.25) is 5.91 Å². The van der Waals surface area contributed by atoms with Crippen molar-refractivity contribution >= 4 is 50.4 Å². The second-order valence-electron chi connectivity index (χ2n) is 6.26. The van der Waals surface area contributed by atoms with Crippen LogP contribution in [-0.2, 0) is 14.6 Å². The third-order valence-corrected chi connectivity index (χ3v) is 6.73. The Morgan fingerprint density at radius 1 is 1.33 bits per heavy atom. The van der Waals surface area contributed by atoms with Crippen LogP contribution in [0.1, 0.15) is 0 Å². The molecule has 1 aromatic carbocycles. The highest BCUT2D eigenvalue weighted by molar-refractivity contribution is 7.91. The molecule has 2 atom stereocenters. The molecule has 0 radical (unpaired) electrons. The lowest BCUT2D eigenvalue weighted by Gasteiger charge is -2.26.